The summed E-state index contributed by atoms with van der Waals surface area (Å²) in [7, 11) is 3.92. The second kappa shape index (κ2) is 12.4. The average Bonchev–Trinajstić information content (AvgIpc) is 3.10. The molecule has 1 N–H and O–H groups in total. The minimum absolute atomic E-state index is 0.0409. The predicted octanol–water partition coefficient (Wildman–Crippen LogP) is 4.26. The van der Waals surface area contributed by atoms with E-state index in [9.17, 15) is 14.7 Å². The molecule has 1 aliphatic rings. The normalized spacial score (nSPS) is 17.1. The number of aliphatic hydroxyl groups is 1. The van der Waals surface area contributed by atoms with E-state index in [1.807, 2.05) is 51.9 Å². The second-order valence-electron chi connectivity index (χ2n) is 8.68. The number of rotatable bonds is 12. The number of aliphatic hydroxyl groups excluding tert-OH is 1. The van der Waals surface area contributed by atoms with Crippen LogP contribution in [0.1, 0.15) is 44.4 Å². The molecule has 1 unspecified atom stereocenters. The summed E-state index contributed by atoms with van der Waals surface area (Å²) in [6.07, 6.45) is 0.681. The molecule has 0 saturated carbocycles. The van der Waals surface area contributed by atoms with Crippen molar-refractivity contribution in [1.29, 1.82) is 0 Å². The van der Waals surface area contributed by atoms with E-state index in [0.717, 1.165) is 6.54 Å². The Balaban J connectivity index is 2.12. The van der Waals surface area contributed by atoms with Crippen molar-refractivity contribution in [3.63, 3.8) is 0 Å². The summed E-state index contributed by atoms with van der Waals surface area (Å²) in [5.41, 5.74) is 1.09. The number of amides is 1. The van der Waals surface area contributed by atoms with Gasteiger partial charge in [-0.05, 0) is 77.7 Å². The van der Waals surface area contributed by atoms with Gasteiger partial charge in [-0.2, -0.15) is 0 Å². The van der Waals surface area contributed by atoms with Crippen LogP contribution >= 0.6 is 0 Å². The van der Waals surface area contributed by atoms with Crippen LogP contribution < -0.4 is 14.2 Å². The highest BCUT2D eigenvalue weighted by molar-refractivity contribution is 6.46. The number of carbonyl (C=O) groups is 2. The number of likely N-dealkylation sites (tertiary alicyclic amines) is 1. The van der Waals surface area contributed by atoms with E-state index in [2.05, 4.69) is 0 Å². The van der Waals surface area contributed by atoms with E-state index in [1.54, 1.807) is 35.2 Å². The van der Waals surface area contributed by atoms with Gasteiger partial charge in [0.15, 0.2) is 0 Å². The number of nitrogens with zero attached hydrogens (tertiary/aromatic N) is 2. The van der Waals surface area contributed by atoms with E-state index in [4.69, 9.17) is 14.2 Å². The fraction of sp³-hybridized carbons (Fsp3) is 0.429. The Kier molecular flexibility index (Phi) is 9.36. The zero-order chi connectivity index (χ0) is 26.2. The van der Waals surface area contributed by atoms with Crippen molar-refractivity contribution in [2.24, 2.45) is 0 Å². The lowest BCUT2D eigenvalue weighted by Gasteiger charge is -2.26. The molecule has 36 heavy (non-hydrogen) atoms. The number of ether oxygens (including phenoxy) is 3. The predicted molar refractivity (Wildman–Crippen MR) is 139 cm³/mol. The van der Waals surface area contributed by atoms with Crippen LogP contribution in [0.3, 0.4) is 0 Å². The lowest BCUT2D eigenvalue weighted by atomic mass is 9.94. The SMILES string of the molecule is CCOc1ccc(C2/C(=C(/O)c3ccc(OCC)cc3OCC)C(=O)C(=O)N2CCCN(C)C)cc1. The van der Waals surface area contributed by atoms with Gasteiger partial charge in [-0.3, -0.25) is 9.59 Å². The minimum Gasteiger partial charge on any atom is -0.507 e. The van der Waals surface area contributed by atoms with E-state index in [0.29, 0.717) is 61.2 Å². The van der Waals surface area contributed by atoms with Gasteiger partial charge in [-0.1, -0.05) is 12.1 Å². The maximum atomic E-state index is 13.3. The highest BCUT2D eigenvalue weighted by Crippen LogP contribution is 2.42. The van der Waals surface area contributed by atoms with Crippen LogP contribution in [0.25, 0.3) is 5.76 Å². The first-order chi connectivity index (χ1) is 17.3. The summed E-state index contributed by atoms with van der Waals surface area (Å²) >= 11 is 0. The average molecular weight is 497 g/mol. The highest BCUT2D eigenvalue weighted by atomic mass is 16.5. The molecule has 2 aromatic carbocycles. The van der Waals surface area contributed by atoms with Gasteiger partial charge in [-0.15, -0.1) is 0 Å². The fourth-order valence-corrected chi connectivity index (χ4v) is 4.30. The molecular formula is C28H36N2O6. The highest BCUT2D eigenvalue weighted by Gasteiger charge is 2.46. The number of hydrogen-bond donors (Lipinski definition) is 1. The minimum atomic E-state index is -0.733. The lowest BCUT2D eigenvalue weighted by Crippen LogP contribution is -2.32. The summed E-state index contributed by atoms with van der Waals surface area (Å²) in [5.74, 6) is 0.0466. The van der Waals surface area contributed by atoms with E-state index in [-0.39, 0.29) is 11.3 Å². The quantitative estimate of drug-likeness (QED) is 0.267. The largest absolute Gasteiger partial charge is 0.507 e. The third-order valence-electron chi connectivity index (χ3n) is 5.87. The topological polar surface area (TPSA) is 88.5 Å². The molecule has 8 heteroatoms. The van der Waals surface area contributed by atoms with E-state index in [1.165, 1.54) is 0 Å². The van der Waals surface area contributed by atoms with Crippen molar-refractivity contribution in [3.8, 4) is 17.2 Å². The Morgan fingerprint density at radius 1 is 0.917 bits per heavy atom. The van der Waals surface area contributed by atoms with Crippen LogP contribution in [0.4, 0.5) is 0 Å². The molecule has 1 heterocycles. The van der Waals surface area contributed by atoms with Crippen LogP contribution in [0, 0.1) is 0 Å². The van der Waals surface area contributed by atoms with Gasteiger partial charge < -0.3 is 29.1 Å². The Labute approximate surface area is 213 Å². The van der Waals surface area contributed by atoms with Crippen molar-refractivity contribution in [1.82, 2.24) is 9.80 Å². The fourth-order valence-electron chi connectivity index (χ4n) is 4.30. The molecule has 194 valence electrons. The van der Waals surface area contributed by atoms with Gasteiger partial charge in [0.25, 0.3) is 11.7 Å². The van der Waals surface area contributed by atoms with Crippen LogP contribution in [-0.2, 0) is 9.59 Å². The third-order valence-corrected chi connectivity index (χ3v) is 5.87. The lowest BCUT2D eigenvalue weighted by molar-refractivity contribution is -0.139. The molecule has 8 nitrogen and oxygen atoms in total. The monoisotopic (exact) mass is 496 g/mol. The summed E-state index contributed by atoms with van der Waals surface area (Å²) < 4.78 is 16.9. The second-order valence-corrected chi connectivity index (χ2v) is 8.68. The maximum absolute atomic E-state index is 13.3. The van der Waals surface area contributed by atoms with Crippen LogP contribution in [0.15, 0.2) is 48.0 Å². The Morgan fingerprint density at radius 2 is 1.53 bits per heavy atom. The molecule has 0 aromatic heterocycles. The molecule has 1 saturated heterocycles. The molecule has 1 amide bonds. The van der Waals surface area contributed by atoms with Gasteiger partial charge in [0.1, 0.15) is 23.0 Å². The first-order valence-electron chi connectivity index (χ1n) is 12.4. The molecule has 0 bridgehead atoms. The van der Waals surface area contributed by atoms with Gasteiger partial charge in [0.05, 0.1) is 37.0 Å². The van der Waals surface area contributed by atoms with Gasteiger partial charge in [-0.25, -0.2) is 0 Å². The Bertz CT molecular complexity index is 1090. The summed E-state index contributed by atoms with van der Waals surface area (Å²) in [6, 6.07) is 11.6. The first-order valence-corrected chi connectivity index (χ1v) is 12.4. The zero-order valence-electron chi connectivity index (χ0n) is 21.7. The van der Waals surface area contributed by atoms with Crippen molar-refractivity contribution >= 4 is 17.4 Å². The van der Waals surface area contributed by atoms with Crippen molar-refractivity contribution in [2.75, 3.05) is 47.0 Å². The molecule has 0 spiro atoms. The number of ketones is 1. The molecule has 1 atom stereocenters. The summed E-state index contributed by atoms with van der Waals surface area (Å²) in [4.78, 5) is 30.0. The van der Waals surface area contributed by atoms with Gasteiger partial charge in [0.2, 0.25) is 0 Å². The molecule has 3 rings (SSSR count). The molecule has 2 aromatic rings. The smallest absolute Gasteiger partial charge is 0.295 e. The molecule has 0 aliphatic carbocycles. The van der Waals surface area contributed by atoms with Crippen molar-refractivity contribution in [3.05, 3.63) is 59.2 Å². The summed E-state index contributed by atoms with van der Waals surface area (Å²) in [6.45, 7) is 8.11. The zero-order valence-corrected chi connectivity index (χ0v) is 21.7. The van der Waals surface area contributed by atoms with Crippen LogP contribution in [0.2, 0.25) is 0 Å². The summed E-state index contributed by atoms with van der Waals surface area (Å²) in [5, 5.41) is 11.5. The van der Waals surface area contributed by atoms with E-state index >= 15 is 0 Å². The molecular weight excluding hydrogens is 460 g/mol. The maximum Gasteiger partial charge on any atom is 0.295 e. The Morgan fingerprint density at radius 3 is 2.14 bits per heavy atom. The van der Waals surface area contributed by atoms with Crippen molar-refractivity contribution < 1.29 is 28.9 Å². The van der Waals surface area contributed by atoms with Gasteiger partial charge in [0, 0.05) is 12.6 Å². The first kappa shape index (κ1) is 27.1. The number of hydrogen-bond acceptors (Lipinski definition) is 7. The number of carbonyl (C=O) groups excluding carboxylic acids is 2. The third kappa shape index (κ3) is 5.99. The van der Waals surface area contributed by atoms with Crippen LogP contribution in [-0.4, -0.2) is 73.6 Å². The van der Waals surface area contributed by atoms with Gasteiger partial charge >= 0.3 is 0 Å². The Hall–Kier alpha value is -3.52. The van der Waals surface area contributed by atoms with E-state index < -0.39 is 17.7 Å². The van der Waals surface area contributed by atoms with Crippen molar-refractivity contribution in [2.45, 2.75) is 33.2 Å². The molecule has 1 fully saturated rings. The molecule has 0 radical (unpaired) electrons. The number of benzene rings is 2. The number of Topliss-reactive ketones (excluding diaryl/α,β-unsaturated/α-hetero) is 1. The van der Waals surface area contributed by atoms with Crippen LogP contribution in [0.5, 0.6) is 17.2 Å². The standard InChI is InChI=1S/C28H36N2O6/c1-6-34-20-12-10-19(11-13-20)25-24(27(32)28(33)30(25)17-9-16-29(4)5)26(31)22-15-14-21(35-7-2)18-23(22)36-8-3/h10-15,18,25,31H,6-9,16-17H2,1-5H3/b26-24-. The molecule has 1 aliphatic heterocycles.